The molecule has 186 valence electrons. The van der Waals surface area contributed by atoms with E-state index < -0.39 is 23.5 Å². The number of rotatable bonds is 6. The van der Waals surface area contributed by atoms with Crippen LogP contribution in [0.1, 0.15) is 22.7 Å². The van der Waals surface area contributed by atoms with Crippen molar-refractivity contribution in [2.24, 2.45) is 0 Å². The molecule has 1 aromatic heterocycles. The first-order valence-electron chi connectivity index (χ1n) is 10.8. The summed E-state index contributed by atoms with van der Waals surface area (Å²) in [7, 11) is 0. The lowest BCUT2D eigenvalue weighted by Gasteiger charge is -2.22. The Hall–Kier alpha value is -3.60. The average molecular weight is 556 g/mol. The number of carbonyl (C=O) groups excluding carboxylic acids is 2. The van der Waals surface area contributed by atoms with Gasteiger partial charge in [-0.3, -0.25) is 14.5 Å². The molecule has 5 rings (SSSR count). The highest BCUT2D eigenvalue weighted by Crippen LogP contribution is 2.44. The number of aliphatic hydroxyl groups is 1. The van der Waals surface area contributed by atoms with Crippen molar-refractivity contribution in [1.29, 1.82) is 0 Å². The van der Waals surface area contributed by atoms with Crippen LogP contribution in [0.3, 0.4) is 0 Å². The van der Waals surface area contributed by atoms with Crippen LogP contribution in [0.15, 0.2) is 82.7 Å². The summed E-state index contributed by atoms with van der Waals surface area (Å²) in [6.07, 6.45) is 0. The molecule has 1 fully saturated rings. The van der Waals surface area contributed by atoms with E-state index in [1.165, 1.54) is 60.3 Å². The third-order valence-corrected chi connectivity index (χ3v) is 8.00. The molecule has 1 atom stereocenters. The van der Waals surface area contributed by atoms with Gasteiger partial charge in [0.25, 0.3) is 5.78 Å². The van der Waals surface area contributed by atoms with Crippen molar-refractivity contribution in [1.82, 2.24) is 10.2 Å². The van der Waals surface area contributed by atoms with Crippen LogP contribution < -0.4 is 4.90 Å². The van der Waals surface area contributed by atoms with E-state index in [0.29, 0.717) is 26.2 Å². The van der Waals surface area contributed by atoms with Crippen molar-refractivity contribution < 1.29 is 23.5 Å². The topological polar surface area (TPSA) is 83.4 Å². The van der Waals surface area contributed by atoms with E-state index >= 15 is 0 Å². The van der Waals surface area contributed by atoms with Gasteiger partial charge in [-0.1, -0.05) is 59.0 Å². The van der Waals surface area contributed by atoms with E-state index in [4.69, 9.17) is 11.6 Å². The van der Waals surface area contributed by atoms with Crippen molar-refractivity contribution in [3.8, 4) is 0 Å². The number of ketones is 1. The summed E-state index contributed by atoms with van der Waals surface area (Å²) in [6.45, 7) is 0. The predicted octanol–water partition coefficient (Wildman–Crippen LogP) is 6.39. The van der Waals surface area contributed by atoms with Gasteiger partial charge in [-0.05, 0) is 59.7 Å². The number of benzene rings is 3. The minimum Gasteiger partial charge on any atom is -0.507 e. The number of amides is 1. The molecule has 0 aliphatic carbocycles. The fourth-order valence-corrected chi connectivity index (χ4v) is 5.79. The van der Waals surface area contributed by atoms with Gasteiger partial charge in [-0.25, -0.2) is 8.78 Å². The first kappa shape index (κ1) is 25.1. The molecule has 0 spiro atoms. The summed E-state index contributed by atoms with van der Waals surface area (Å²) in [5, 5.41) is 19.9. The van der Waals surface area contributed by atoms with Crippen LogP contribution >= 0.6 is 34.7 Å². The standard InChI is InChI=1S/C26H16ClF2N3O3S2/c27-17-7-3-16(4-8-17)22(33)20-21(15-5-11-19(29)12-6-15)32(24(35)23(20)34)25-30-31-26(37-25)36-13-14-1-9-18(28)10-2-14/h1-12,21,33H,13H2/b22-20-. The lowest BCUT2D eigenvalue weighted by Crippen LogP contribution is -2.29. The van der Waals surface area contributed by atoms with Gasteiger partial charge < -0.3 is 5.11 Å². The summed E-state index contributed by atoms with van der Waals surface area (Å²) < 4.78 is 27.4. The number of nitrogens with zero attached hydrogens (tertiary/aromatic N) is 3. The molecule has 4 aromatic rings. The van der Waals surface area contributed by atoms with Crippen molar-refractivity contribution in [3.63, 3.8) is 0 Å². The van der Waals surface area contributed by atoms with Crippen molar-refractivity contribution in [3.05, 3.63) is 112 Å². The number of hydrogen-bond donors (Lipinski definition) is 1. The van der Waals surface area contributed by atoms with Crippen LogP contribution in [0.4, 0.5) is 13.9 Å². The zero-order valence-corrected chi connectivity index (χ0v) is 21.2. The Morgan fingerprint density at radius 2 is 1.57 bits per heavy atom. The molecular weight excluding hydrogens is 540 g/mol. The maximum absolute atomic E-state index is 13.7. The Balaban J connectivity index is 1.53. The summed E-state index contributed by atoms with van der Waals surface area (Å²) in [4.78, 5) is 27.6. The maximum Gasteiger partial charge on any atom is 0.301 e. The number of halogens is 3. The second-order valence-corrected chi connectivity index (χ2v) is 10.6. The third kappa shape index (κ3) is 5.13. The molecule has 6 nitrogen and oxygen atoms in total. The number of aliphatic hydroxyl groups excluding tert-OH is 1. The fraction of sp³-hybridized carbons (Fsp3) is 0.0769. The molecule has 2 heterocycles. The lowest BCUT2D eigenvalue weighted by atomic mass is 9.95. The number of hydrogen-bond acceptors (Lipinski definition) is 7. The van der Waals surface area contributed by atoms with E-state index in [0.717, 1.165) is 21.8 Å². The van der Waals surface area contributed by atoms with Crippen LogP contribution in [0.5, 0.6) is 0 Å². The summed E-state index contributed by atoms with van der Waals surface area (Å²) in [5.41, 5.74) is 1.42. The minimum atomic E-state index is -1.06. The molecule has 1 aliphatic rings. The van der Waals surface area contributed by atoms with E-state index in [1.54, 1.807) is 24.3 Å². The Labute approximate surface area is 223 Å². The molecule has 37 heavy (non-hydrogen) atoms. The number of Topliss-reactive ketones (excluding diaryl/α,β-unsaturated/α-hetero) is 1. The van der Waals surface area contributed by atoms with Gasteiger partial charge in [-0.2, -0.15) is 0 Å². The van der Waals surface area contributed by atoms with E-state index in [2.05, 4.69) is 10.2 Å². The predicted molar refractivity (Wildman–Crippen MR) is 139 cm³/mol. The molecule has 11 heteroatoms. The monoisotopic (exact) mass is 555 g/mol. The molecule has 1 saturated heterocycles. The zero-order chi connectivity index (χ0) is 26.1. The van der Waals surface area contributed by atoms with Crippen LogP contribution in [-0.2, 0) is 15.3 Å². The molecule has 1 amide bonds. The van der Waals surface area contributed by atoms with Crippen molar-refractivity contribution in [2.45, 2.75) is 16.1 Å². The number of carbonyl (C=O) groups is 2. The maximum atomic E-state index is 13.7. The van der Waals surface area contributed by atoms with Crippen molar-refractivity contribution >= 4 is 57.3 Å². The van der Waals surface area contributed by atoms with Crippen LogP contribution in [0, 0.1) is 11.6 Å². The summed E-state index contributed by atoms with van der Waals surface area (Å²) >= 11 is 8.39. The van der Waals surface area contributed by atoms with Gasteiger partial charge in [0, 0.05) is 16.3 Å². The molecule has 0 saturated carbocycles. The van der Waals surface area contributed by atoms with Gasteiger partial charge in [0.1, 0.15) is 17.4 Å². The van der Waals surface area contributed by atoms with Crippen molar-refractivity contribution in [2.75, 3.05) is 4.90 Å². The van der Waals surface area contributed by atoms with Crippen LogP contribution in [0.2, 0.25) is 5.02 Å². The largest absolute Gasteiger partial charge is 0.507 e. The number of aromatic nitrogens is 2. The molecule has 1 aliphatic heterocycles. The van der Waals surface area contributed by atoms with E-state index in [1.807, 2.05) is 0 Å². The molecular formula is C26H16ClF2N3O3S2. The van der Waals surface area contributed by atoms with Crippen LogP contribution in [0.25, 0.3) is 5.76 Å². The smallest absolute Gasteiger partial charge is 0.301 e. The number of thioether (sulfide) groups is 1. The molecule has 1 N–H and O–H groups in total. The Kier molecular flexibility index (Phi) is 7.05. The summed E-state index contributed by atoms with van der Waals surface area (Å²) in [6, 6.07) is 16.5. The second-order valence-electron chi connectivity index (χ2n) is 7.99. The highest BCUT2D eigenvalue weighted by molar-refractivity contribution is 8.00. The average Bonchev–Trinajstić information content (AvgIpc) is 3.46. The SMILES string of the molecule is O=C1C(=O)N(c2nnc(SCc3ccc(F)cc3)s2)C(c2ccc(F)cc2)/C1=C(/O)c1ccc(Cl)cc1. The Bertz CT molecular complexity index is 1510. The molecule has 1 unspecified atom stereocenters. The normalized spacial score (nSPS) is 16.9. The quantitative estimate of drug-likeness (QED) is 0.0976. The zero-order valence-electron chi connectivity index (χ0n) is 18.8. The van der Waals surface area contributed by atoms with Gasteiger partial charge >= 0.3 is 5.91 Å². The number of anilines is 1. The fourth-order valence-electron chi connectivity index (χ4n) is 3.84. The van der Waals surface area contributed by atoms with E-state index in [-0.39, 0.29) is 22.3 Å². The highest BCUT2D eigenvalue weighted by atomic mass is 35.5. The molecule has 0 radical (unpaired) electrons. The first-order chi connectivity index (χ1) is 17.8. The summed E-state index contributed by atoms with van der Waals surface area (Å²) in [5.74, 6) is -2.52. The Morgan fingerprint density at radius 1 is 0.946 bits per heavy atom. The van der Waals surface area contributed by atoms with Gasteiger partial charge in [0.2, 0.25) is 5.13 Å². The second kappa shape index (κ2) is 10.4. The molecule has 3 aromatic carbocycles. The Morgan fingerprint density at radius 3 is 2.22 bits per heavy atom. The molecule has 0 bridgehead atoms. The minimum absolute atomic E-state index is 0.146. The lowest BCUT2D eigenvalue weighted by molar-refractivity contribution is -0.132. The highest BCUT2D eigenvalue weighted by Gasteiger charge is 2.48. The van der Waals surface area contributed by atoms with Gasteiger partial charge in [0.15, 0.2) is 4.34 Å². The van der Waals surface area contributed by atoms with Gasteiger partial charge in [0.05, 0.1) is 11.6 Å². The third-order valence-electron chi connectivity index (χ3n) is 5.63. The van der Waals surface area contributed by atoms with Crippen LogP contribution in [-0.4, -0.2) is 27.0 Å². The first-order valence-corrected chi connectivity index (χ1v) is 13.0. The van der Waals surface area contributed by atoms with E-state index in [9.17, 15) is 23.5 Å². The van der Waals surface area contributed by atoms with Gasteiger partial charge in [-0.15, -0.1) is 10.2 Å².